The van der Waals surface area contributed by atoms with Crippen LogP contribution in [0.4, 0.5) is 5.69 Å². The second-order valence-corrected chi connectivity index (χ2v) is 6.11. The molecule has 0 saturated heterocycles. The van der Waals surface area contributed by atoms with E-state index in [1.54, 1.807) is 13.2 Å². The maximum atomic E-state index is 13.4. The first kappa shape index (κ1) is 16.8. The number of nitrogens with one attached hydrogen (secondary N) is 1. The second kappa shape index (κ2) is 7.33. The maximum absolute atomic E-state index is 13.4. The zero-order valence-electron chi connectivity index (χ0n) is 14.8. The zero-order valence-corrected chi connectivity index (χ0v) is 14.8. The van der Waals surface area contributed by atoms with Crippen molar-refractivity contribution in [2.75, 3.05) is 12.4 Å². The Labute approximate surface area is 156 Å². The molecular weight excluding hydrogens is 340 g/mol. The van der Waals surface area contributed by atoms with E-state index in [0.29, 0.717) is 22.4 Å². The molecule has 1 atom stereocenters. The fraction of sp³-hybridized carbons (Fsp3) is 0.0909. The third-order valence-corrected chi connectivity index (χ3v) is 4.39. The van der Waals surface area contributed by atoms with Crippen molar-refractivity contribution < 1.29 is 14.1 Å². The van der Waals surface area contributed by atoms with Crippen molar-refractivity contribution in [3.63, 3.8) is 0 Å². The van der Waals surface area contributed by atoms with Gasteiger partial charge in [0.1, 0.15) is 11.8 Å². The molecule has 4 rings (SSSR count). The molecule has 5 heteroatoms. The van der Waals surface area contributed by atoms with Gasteiger partial charge in [0.2, 0.25) is 5.78 Å². The normalized spacial score (nSPS) is 11.9. The standard InChI is InChI=1S/C22H18N2O3/c1-26-17-11-7-10-16(14-17)23-20(15-8-3-2-4-9-15)22(25)21-18-12-5-6-13-19(18)27-24-21/h2-14,20,23H,1H3. The SMILES string of the molecule is COc1cccc(NC(C(=O)c2noc3ccccc23)c2ccccc2)c1. The van der Waals surface area contributed by atoms with Crippen molar-refractivity contribution >= 4 is 22.4 Å². The summed E-state index contributed by atoms with van der Waals surface area (Å²) in [5.74, 6) is 0.556. The smallest absolute Gasteiger partial charge is 0.212 e. The van der Waals surface area contributed by atoms with Gasteiger partial charge in [-0.1, -0.05) is 53.7 Å². The highest BCUT2D eigenvalue weighted by Gasteiger charge is 2.26. The number of Topliss-reactive ketones (excluding diaryl/α,β-unsaturated/α-hetero) is 1. The van der Waals surface area contributed by atoms with Gasteiger partial charge in [-0.25, -0.2) is 0 Å². The maximum Gasteiger partial charge on any atom is 0.212 e. The van der Waals surface area contributed by atoms with Gasteiger partial charge in [-0.15, -0.1) is 0 Å². The number of hydrogen-bond acceptors (Lipinski definition) is 5. The lowest BCUT2D eigenvalue weighted by Gasteiger charge is -2.19. The minimum Gasteiger partial charge on any atom is -0.497 e. The van der Waals surface area contributed by atoms with Gasteiger partial charge in [0, 0.05) is 11.8 Å². The van der Waals surface area contributed by atoms with Gasteiger partial charge in [-0.05, 0) is 29.8 Å². The highest BCUT2D eigenvalue weighted by atomic mass is 16.5. The molecule has 0 saturated carbocycles. The van der Waals surface area contributed by atoms with Crippen LogP contribution in [-0.4, -0.2) is 18.0 Å². The van der Waals surface area contributed by atoms with Crippen LogP contribution in [0.1, 0.15) is 22.1 Å². The number of benzene rings is 3. The van der Waals surface area contributed by atoms with E-state index in [1.807, 2.05) is 72.8 Å². The Bertz CT molecular complexity index is 1070. The van der Waals surface area contributed by atoms with Crippen LogP contribution in [0, 0.1) is 0 Å². The Hall–Kier alpha value is -3.60. The molecule has 5 nitrogen and oxygen atoms in total. The van der Waals surface area contributed by atoms with Crippen LogP contribution in [0.15, 0.2) is 83.4 Å². The quantitative estimate of drug-likeness (QED) is 0.498. The van der Waals surface area contributed by atoms with E-state index in [0.717, 1.165) is 11.3 Å². The number of anilines is 1. The number of carbonyl (C=O) groups is 1. The first-order chi connectivity index (χ1) is 13.3. The second-order valence-electron chi connectivity index (χ2n) is 6.11. The Balaban J connectivity index is 1.74. The first-order valence-electron chi connectivity index (χ1n) is 8.60. The highest BCUT2D eigenvalue weighted by Crippen LogP contribution is 2.28. The van der Waals surface area contributed by atoms with E-state index in [4.69, 9.17) is 9.26 Å². The molecule has 0 radical (unpaired) electrons. The largest absolute Gasteiger partial charge is 0.497 e. The molecule has 0 spiro atoms. The van der Waals surface area contributed by atoms with Gasteiger partial charge >= 0.3 is 0 Å². The van der Waals surface area contributed by atoms with Gasteiger partial charge in [0.05, 0.1) is 12.5 Å². The summed E-state index contributed by atoms with van der Waals surface area (Å²) in [6.45, 7) is 0. The lowest BCUT2D eigenvalue weighted by molar-refractivity contribution is 0.0962. The molecule has 1 aromatic heterocycles. The van der Waals surface area contributed by atoms with Crippen LogP contribution in [0.2, 0.25) is 0 Å². The van der Waals surface area contributed by atoms with Crippen LogP contribution >= 0.6 is 0 Å². The molecule has 1 N–H and O–H groups in total. The molecule has 0 aliphatic carbocycles. The minimum absolute atomic E-state index is 0.158. The number of carbonyl (C=O) groups excluding carboxylic acids is 1. The predicted molar refractivity (Wildman–Crippen MR) is 104 cm³/mol. The van der Waals surface area contributed by atoms with Crippen molar-refractivity contribution in [3.8, 4) is 5.75 Å². The number of aromatic nitrogens is 1. The van der Waals surface area contributed by atoms with E-state index in [9.17, 15) is 4.79 Å². The number of fused-ring (bicyclic) bond motifs is 1. The minimum atomic E-state index is -0.605. The number of ether oxygens (including phenoxy) is 1. The number of hydrogen-bond donors (Lipinski definition) is 1. The molecule has 1 heterocycles. The van der Waals surface area contributed by atoms with Crippen LogP contribution in [0.25, 0.3) is 11.0 Å². The van der Waals surface area contributed by atoms with Gasteiger partial charge in [-0.3, -0.25) is 4.79 Å². The Morgan fingerprint density at radius 1 is 1.00 bits per heavy atom. The molecule has 27 heavy (non-hydrogen) atoms. The van der Waals surface area contributed by atoms with Crippen molar-refractivity contribution in [1.82, 2.24) is 5.16 Å². The van der Waals surface area contributed by atoms with Crippen LogP contribution in [0.3, 0.4) is 0 Å². The lowest BCUT2D eigenvalue weighted by atomic mass is 9.98. The van der Waals surface area contributed by atoms with Crippen LogP contribution in [0.5, 0.6) is 5.75 Å². The summed E-state index contributed by atoms with van der Waals surface area (Å²) in [7, 11) is 1.61. The van der Waals surface area contributed by atoms with Crippen molar-refractivity contribution in [2.24, 2.45) is 0 Å². The average molecular weight is 358 g/mol. The molecular formula is C22H18N2O3. The van der Waals surface area contributed by atoms with Gasteiger partial charge in [0.25, 0.3) is 0 Å². The Morgan fingerprint density at radius 3 is 2.59 bits per heavy atom. The van der Waals surface area contributed by atoms with E-state index in [-0.39, 0.29) is 5.78 Å². The number of rotatable bonds is 6. The summed E-state index contributed by atoms with van der Waals surface area (Å²) < 4.78 is 10.6. The fourth-order valence-corrected chi connectivity index (χ4v) is 3.03. The van der Waals surface area contributed by atoms with E-state index >= 15 is 0 Å². The lowest BCUT2D eigenvalue weighted by Crippen LogP contribution is -2.21. The van der Waals surface area contributed by atoms with E-state index in [1.165, 1.54) is 0 Å². The summed E-state index contributed by atoms with van der Waals surface area (Å²) in [5, 5.41) is 8.04. The van der Waals surface area contributed by atoms with Crippen LogP contribution < -0.4 is 10.1 Å². The molecule has 4 aromatic rings. The number of nitrogens with zero attached hydrogens (tertiary/aromatic N) is 1. The number of para-hydroxylation sites is 1. The van der Waals surface area contributed by atoms with Gasteiger partial charge in [-0.2, -0.15) is 0 Å². The molecule has 134 valence electrons. The van der Waals surface area contributed by atoms with Gasteiger partial charge in [0.15, 0.2) is 11.3 Å². The Morgan fingerprint density at radius 2 is 1.78 bits per heavy atom. The Kier molecular flexibility index (Phi) is 4.58. The topological polar surface area (TPSA) is 64.4 Å². The van der Waals surface area contributed by atoms with Crippen molar-refractivity contribution in [2.45, 2.75) is 6.04 Å². The summed E-state index contributed by atoms with van der Waals surface area (Å²) in [6, 6.07) is 23.8. The molecule has 0 aliphatic heterocycles. The number of methoxy groups -OCH3 is 1. The molecule has 0 fully saturated rings. The monoisotopic (exact) mass is 358 g/mol. The summed E-state index contributed by atoms with van der Waals surface area (Å²) in [5.41, 5.74) is 2.53. The van der Waals surface area contributed by atoms with Crippen molar-refractivity contribution in [1.29, 1.82) is 0 Å². The van der Waals surface area contributed by atoms with E-state index in [2.05, 4.69) is 10.5 Å². The molecule has 1 unspecified atom stereocenters. The number of ketones is 1. The van der Waals surface area contributed by atoms with E-state index < -0.39 is 6.04 Å². The third kappa shape index (κ3) is 3.40. The first-order valence-corrected chi connectivity index (χ1v) is 8.60. The fourth-order valence-electron chi connectivity index (χ4n) is 3.03. The summed E-state index contributed by atoms with van der Waals surface area (Å²) in [6.07, 6.45) is 0. The average Bonchev–Trinajstić information content (AvgIpc) is 3.16. The summed E-state index contributed by atoms with van der Waals surface area (Å²) in [4.78, 5) is 13.4. The van der Waals surface area contributed by atoms with Crippen LogP contribution in [-0.2, 0) is 0 Å². The van der Waals surface area contributed by atoms with Crippen molar-refractivity contribution in [3.05, 3.63) is 90.1 Å². The molecule has 0 bridgehead atoms. The highest BCUT2D eigenvalue weighted by molar-refractivity contribution is 6.09. The zero-order chi connectivity index (χ0) is 18.6. The molecule has 0 aliphatic rings. The third-order valence-electron chi connectivity index (χ3n) is 4.39. The predicted octanol–water partition coefficient (Wildman–Crippen LogP) is 4.87. The molecule has 3 aromatic carbocycles. The van der Waals surface area contributed by atoms with Gasteiger partial charge < -0.3 is 14.6 Å². The molecule has 0 amide bonds. The summed E-state index contributed by atoms with van der Waals surface area (Å²) >= 11 is 0.